The Hall–Kier alpha value is -1.36. The van der Waals surface area contributed by atoms with Gasteiger partial charge in [-0.2, -0.15) is 0 Å². The summed E-state index contributed by atoms with van der Waals surface area (Å²) in [4.78, 5) is 18.6. The third kappa shape index (κ3) is 2.02. The summed E-state index contributed by atoms with van der Waals surface area (Å²) < 4.78 is 4.78. The van der Waals surface area contributed by atoms with E-state index in [1.165, 1.54) is 7.11 Å². The maximum atomic E-state index is 11.6. The first-order chi connectivity index (χ1) is 7.33. The van der Waals surface area contributed by atoms with Crippen LogP contribution in [0.3, 0.4) is 0 Å². The number of aromatic amines is 1. The van der Waals surface area contributed by atoms with Gasteiger partial charge in [-0.25, -0.2) is 4.98 Å². The van der Waals surface area contributed by atoms with Crippen molar-refractivity contribution in [3.8, 4) is 0 Å². The van der Waals surface area contributed by atoms with Gasteiger partial charge in [-0.05, 0) is 19.4 Å². The average molecular weight is 209 g/mol. The minimum Gasteiger partial charge on any atom is -0.468 e. The molecule has 1 aliphatic heterocycles. The number of ether oxygens (including phenoxy) is 1. The Morgan fingerprint density at radius 1 is 1.67 bits per heavy atom. The number of nitrogens with one attached hydrogen (secondary N) is 2. The number of H-pyrrole nitrogens is 1. The zero-order valence-electron chi connectivity index (χ0n) is 8.69. The molecule has 0 bridgehead atoms. The quantitative estimate of drug-likeness (QED) is 0.693. The molecule has 2 heterocycles. The van der Waals surface area contributed by atoms with Crippen LogP contribution < -0.4 is 5.32 Å². The molecule has 0 aliphatic carbocycles. The molecule has 1 fully saturated rings. The number of hydrogen-bond donors (Lipinski definition) is 2. The summed E-state index contributed by atoms with van der Waals surface area (Å²) in [5.41, 5.74) is 0.998. The number of esters is 1. The number of nitrogens with zero attached hydrogens (tertiary/aromatic N) is 1. The molecule has 0 unspecified atom stereocenters. The number of carbonyl (C=O) groups is 1. The number of aromatic nitrogens is 2. The molecule has 2 rings (SSSR count). The molecule has 0 aromatic carbocycles. The lowest BCUT2D eigenvalue weighted by atomic mass is 9.88. The lowest BCUT2D eigenvalue weighted by Crippen LogP contribution is -2.46. The second-order valence-corrected chi connectivity index (χ2v) is 3.71. The van der Waals surface area contributed by atoms with Crippen molar-refractivity contribution in [3.05, 3.63) is 18.2 Å². The molecule has 5 heteroatoms. The van der Waals surface area contributed by atoms with Crippen LogP contribution in [0.2, 0.25) is 0 Å². The number of carbonyl (C=O) groups excluding carboxylic acids is 1. The zero-order valence-corrected chi connectivity index (χ0v) is 8.69. The van der Waals surface area contributed by atoms with E-state index < -0.39 is 0 Å². The van der Waals surface area contributed by atoms with E-state index in [0.717, 1.165) is 25.1 Å². The molecule has 15 heavy (non-hydrogen) atoms. The van der Waals surface area contributed by atoms with Crippen molar-refractivity contribution in [3.63, 3.8) is 0 Å². The van der Waals surface area contributed by atoms with Gasteiger partial charge in [0.25, 0.3) is 0 Å². The predicted octanol–water partition coefficient (Wildman–Crippen LogP) is 0.418. The largest absolute Gasteiger partial charge is 0.468 e. The minimum absolute atomic E-state index is 0.147. The number of imidazole rings is 1. The number of hydrogen-bond acceptors (Lipinski definition) is 4. The standard InChI is InChI=1S/C10H15N3O2/c1-15-10(14)9-7(3-2-4-12-9)8-5-11-6-13-8/h5-7,9,12H,2-4H2,1H3,(H,11,13)/t7-,9-/m0/s1. The summed E-state index contributed by atoms with van der Waals surface area (Å²) in [6, 6.07) is -0.246. The molecule has 1 aromatic rings. The Morgan fingerprint density at radius 3 is 3.20 bits per heavy atom. The van der Waals surface area contributed by atoms with Gasteiger partial charge >= 0.3 is 5.97 Å². The second kappa shape index (κ2) is 4.44. The second-order valence-electron chi connectivity index (χ2n) is 3.71. The monoisotopic (exact) mass is 209 g/mol. The first-order valence-corrected chi connectivity index (χ1v) is 5.12. The molecular weight excluding hydrogens is 194 g/mol. The van der Waals surface area contributed by atoms with Gasteiger partial charge < -0.3 is 15.0 Å². The molecule has 0 saturated carbocycles. The summed E-state index contributed by atoms with van der Waals surface area (Å²) in [6.07, 6.45) is 5.46. The molecule has 2 atom stereocenters. The van der Waals surface area contributed by atoms with Crippen molar-refractivity contribution in [1.29, 1.82) is 0 Å². The Labute approximate surface area is 88.2 Å². The molecule has 0 radical (unpaired) electrons. The van der Waals surface area contributed by atoms with Crippen molar-refractivity contribution >= 4 is 5.97 Å². The third-order valence-electron chi connectivity index (χ3n) is 2.83. The molecule has 1 aliphatic rings. The van der Waals surface area contributed by atoms with Crippen LogP contribution in [0.4, 0.5) is 0 Å². The molecule has 1 aromatic heterocycles. The maximum absolute atomic E-state index is 11.6. The molecule has 0 amide bonds. The molecule has 5 nitrogen and oxygen atoms in total. The normalized spacial score (nSPS) is 26.2. The fraction of sp³-hybridized carbons (Fsp3) is 0.600. The van der Waals surface area contributed by atoms with Crippen molar-refractivity contribution in [2.24, 2.45) is 0 Å². The lowest BCUT2D eigenvalue weighted by Gasteiger charge is -2.29. The van der Waals surface area contributed by atoms with E-state index in [9.17, 15) is 4.79 Å². The number of piperidine rings is 1. The van der Waals surface area contributed by atoms with E-state index >= 15 is 0 Å². The summed E-state index contributed by atoms with van der Waals surface area (Å²) >= 11 is 0. The van der Waals surface area contributed by atoms with Gasteiger partial charge in [0.15, 0.2) is 0 Å². The van der Waals surface area contributed by atoms with Crippen molar-refractivity contribution < 1.29 is 9.53 Å². The Bertz CT molecular complexity index is 323. The zero-order chi connectivity index (χ0) is 10.7. The molecule has 0 spiro atoms. The van der Waals surface area contributed by atoms with Crippen molar-refractivity contribution in [2.45, 2.75) is 24.8 Å². The first kappa shape index (κ1) is 10.2. The molecular formula is C10H15N3O2. The van der Waals surface area contributed by atoms with Crippen LogP contribution >= 0.6 is 0 Å². The highest BCUT2D eigenvalue weighted by atomic mass is 16.5. The first-order valence-electron chi connectivity index (χ1n) is 5.12. The predicted molar refractivity (Wildman–Crippen MR) is 54.4 cm³/mol. The van der Waals surface area contributed by atoms with E-state index in [-0.39, 0.29) is 17.9 Å². The fourth-order valence-corrected chi connectivity index (χ4v) is 2.07. The Balaban J connectivity index is 2.16. The van der Waals surface area contributed by atoms with Crippen LogP contribution in [-0.2, 0) is 9.53 Å². The van der Waals surface area contributed by atoms with E-state index in [1.807, 2.05) is 0 Å². The Kier molecular flexibility index (Phi) is 3.01. The fourth-order valence-electron chi connectivity index (χ4n) is 2.07. The topological polar surface area (TPSA) is 67.0 Å². The molecule has 2 N–H and O–H groups in total. The highest BCUT2D eigenvalue weighted by Crippen LogP contribution is 2.26. The van der Waals surface area contributed by atoms with E-state index in [1.54, 1.807) is 12.5 Å². The average Bonchev–Trinajstić information content (AvgIpc) is 2.81. The SMILES string of the molecule is COC(=O)[C@H]1NCCC[C@H]1c1cnc[nH]1. The molecule has 82 valence electrons. The summed E-state index contributed by atoms with van der Waals surface area (Å²) in [5, 5.41) is 3.19. The highest BCUT2D eigenvalue weighted by Gasteiger charge is 2.33. The van der Waals surface area contributed by atoms with Gasteiger partial charge in [-0.1, -0.05) is 0 Å². The number of methoxy groups -OCH3 is 1. The number of rotatable bonds is 2. The minimum atomic E-state index is -0.246. The summed E-state index contributed by atoms with van der Waals surface area (Å²) in [5.74, 6) is -0.0528. The van der Waals surface area contributed by atoms with Gasteiger partial charge in [0.1, 0.15) is 6.04 Å². The van der Waals surface area contributed by atoms with Gasteiger partial charge in [-0.15, -0.1) is 0 Å². The van der Waals surface area contributed by atoms with Crippen molar-refractivity contribution in [1.82, 2.24) is 15.3 Å². The van der Waals surface area contributed by atoms with E-state index in [2.05, 4.69) is 15.3 Å². The van der Waals surface area contributed by atoms with Crippen LogP contribution in [0, 0.1) is 0 Å². The maximum Gasteiger partial charge on any atom is 0.323 e. The highest BCUT2D eigenvalue weighted by molar-refractivity contribution is 5.77. The lowest BCUT2D eigenvalue weighted by molar-refractivity contribution is -0.144. The Morgan fingerprint density at radius 2 is 2.53 bits per heavy atom. The van der Waals surface area contributed by atoms with Crippen molar-refractivity contribution in [2.75, 3.05) is 13.7 Å². The van der Waals surface area contributed by atoms with E-state index in [0.29, 0.717) is 0 Å². The smallest absolute Gasteiger partial charge is 0.323 e. The van der Waals surface area contributed by atoms with Crippen LogP contribution in [0.5, 0.6) is 0 Å². The summed E-state index contributed by atoms with van der Waals surface area (Å²) in [7, 11) is 1.42. The van der Waals surface area contributed by atoms with Gasteiger partial charge in [0.2, 0.25) is 0 Å². The van der Waals surface area contributed by atoms with Crippen LogP contribution in [0.25, 0.3) is 0 Å². The molecule has 1 saturated heterocycles. The van der Waals surface area contributed by atoms with Gasteiger partial charge in [0.05, 0.1) is 13.4 Å². The van der Waals surface area contributed by atoms with Crippen LogP contribution in [0.1, 0.15) is 24.5 Å². The van der Waals surface area contributed by atoms with Crippen LogP contribution in [0.15, 0.2) is 12.5 Å². The van der Waals surface area contributed by atoms with E-state index in [4.69, 9.17) is 4.74 Å². The summed E-state index contributed by atoms with van der Waals surface area (Å²) in [6.45, 7) is 0.865. The van der Waals surface area contributed by atoms with Crippen LogP contribution in [-0.4, -0.2) is 35.6 Å². The third-order valence-corrected chi connectivity index (χ3v) is 2.83. The van der Waals surface area contributed by atoms with Gasteiger partial charge in [0, 0.05) is 17.8 Å². The van der Waals surface area contributed by atoms with Gasteiger partial charge in [-0.3, -0.25) is 4.79 Å².